The molecule has 0 N–H and O–H groups in total. The van der Waals surface area contributed by atoms with Crippen LogP contribution in [0.15, 0.2) is 24.3 Å². The van der Waals surface area contributed by atoms with Crippen molar-refractivity contribution in [1.29, 1.82) is 0 Å². The minimum atomic E-state index is -0.197. The van der Waals surface area contributed by atoms with Crippen molar-refractivity contribution in [3.05, 3.63) is 29.8 Å². The molecule has 2 heteroatoms. The number of carbonyl (C=O) groups excluding carboxylic acids is 1. The molecular weight excluding hydrogens is 224 g/mol. The Labute approximate surface area is 108 Å². The molecule has 0 atom stereocenters. The van der Waals surface area contributed by atoms with Crippen LogP contribution in [0.5, 0.6) is 5.75 Å². The molecule has 3 rings (SSSR count). The van der Waals surface area contributed by atoms with E-state index in [0.29, 0.717) is 6.42 Å². The Morgan fingerprint density at radius 1 is 1.28 bits per heavy atom. The topological polar surface area (TPSA) is 26.3 Å². The second-order valence-electron chi connectivity index (χ2n) is 5.73. The third kappa shape index (κ3) is 1.94. The van der Waals surface area contributed by atoms with E-state index in [1.54, 1.807) is 0 Å². The molecule has 1 saturated carbocycles. The van der Waals surface area contributed by atoms with Gasteiger partial charge in [-0.05, 0) is 43.7 Å². The van der Waals surface area contributed by atoms with Crippen LogP contribution in [0, 0.1) is 5.92 Å². The number of hydrogen-bond acceptors (Lipinski definition) is 2. The van der Waals surface area contributed by atoms with Crippen LogP contribution in [0.1, 0.15) is 55.8 Å². The summed E-state index contributed by atoms with van der Waals surface area (Å²) < 4.78 is 6.20. The third-order valence-electron chi connectivity index (χ3n) is 4.59. The smallest absolute Gasteiger partial charge is 0.170 e. The molecule has 0 bridgehead atoms. The summed E-state index contributed by atoms with van der Waals surface area (Å²) in [6.45, 7) is 2.25. The first kappa shape index (κ1) is 11.8. The molecule has 0 amide bonds. The van der Waals surface area contributed by atoms with Crippen molar-refractivity contribution in [2.75, 3.05) is 0 Å². The first-order valence-electron chi connectivity index (χ1n) is 7.04. The van der Waals surface area contributed by atoms with Gasteiger partial charge in [-0.15, -0.1) is 0 Å². The van der Waals surface area contributed by atoms with Crippen molar-refractivity contribution in [2.24, 2.45) is 5.92 Å². The van der Waals surface area contributed by atoms with Crippen LogP contribution >= 0.6 is 0 Å². The monoisotopic (exact) mass is 244 g/mol. The number of benzene rings is 1. The zero-order chi connectivity index (χ0) is 12.6. The summed E-state index contributed by atoms with van der Waals surface area (Å²) in [7, 11) is 0. The summed E-state index contributed by atoms with van der Waals surface area (Å²) in [5.74, 6) is 1.88. The molecule has 0 saturated heterocycles. The van der Waals surface area contributed by atoms with E-state index >= 15 is 0 Å². The lowest BCUT2D eigenvalue weighted by Crippen LogP contribution is -2.44. The first-order chi connectivity index (χ1) is 8.72. The average molecular weight is 244 g/mol. The Morgan fingerprint density at radius 2 is 2.00 bits per heavy atom. The Balaban J connectivity index is 1.84. The van der Waals surface area contributed by atoms with Crippen LogP contribution in [0.2, 0.25) is 0 Å². The molecule has 2 aliphatic rings. The summed E-state index contributed by atoms with van der Waals surface area (Å²) in [5, 5.41) is 0. The van der Waals surface area contributed by atoms with Crippen molar-refractivity contribution in [2.45, 2.75) is 51.0 Å². The van der Waals surface area contributed by atoms with E-state index in [-0.39, 0.29) is 11.4 Å². The number of fused-ring (bicyclic) bond motifs is 1. The highest BCUT2D eigenvalue weighted by Crippen LogP contribution is 2.43. The number of hydrogen-bond donors (Lipinski definition) is 0. The van der Waals surface area contributed by atoms with Crippen molar-refractivity contribution >= 4 is 5.78 Å². The van der Waals surface area contributed by atoms with Gasteiger partial charge in [0.1, 0.15) is 11.4 Å². The lowest BCUT2D eigenvalue weighted by atomic mass is 9.74. The van der Waals surface area contributed by atoms with E-state index in [4.69, 9.17) is 4.74 Å². The second kappa shape index (κ2) is 4.42. The highest BCUT2D eigenvalue weighted by Gasteiger charge is 2.42. The van der Waals surface area contributed by atoms with E-state index in [2.05, 4.69) is 6.92 Å². The average Bonchev–Trinajstić information content (AvgIpc) is 2.40. The lowest BCUT2D eigenvalue weighted by molar-refractivity contribution is 0.00175. The van der Waals surface area contributed by atoms with Crippen molar-refractivity contribution in [3.8, 4) is 5.75 Å². The molecule has 1 fully saturated rings. The van der Waals surface area contributed by atoms with Gasteiger partial charge in [-0.25, -0.2) is 0 Å². The Bertz CT molecular complexity index is 456. The van der Waals surface area contributed by atoms with Gasteiger partial charge in [0.05, 0.1) is 12.0 Å². The zero-order valence-corrected chi connectivity index (χ0v) is 10.9. The summed E-state index contributed by atoms with van der Waals surface area (Å²) in [6, 6.07) is 7.66. The zero-order valence-electron chi connectivity index (χ0n) is 10.9. The maximum atomic E-state index is 12.2. The van der Waals surface area contributed by atoms with Crippen molar-refractivity contribution in [3.63, 3.8) is 0 Å². The molecule has 1 aliphatic carbocycles. The molecule has 1 heterocycles. The van der Waals surface area contributed by atoms with E-state index in [1.165, 1.54) is 19.3 Å². The van der Waals surface area contributed by atoms with Gasteiger partial charge < -0.3 is 4.74 Å². The largest absolute Gasteiger partial charge is 0.486 e. The number of ether oxygens (including phenoxy) is 1. The molecule has 0 radical (unpaired) electrons. The van der Waals surface area contributed by atoms with Gasteiger partial charge in [0.25, 0.3) is 0 Å². The minimum Gasteiger partial charge on any atom is -0.486 e. The maximum absolute atomic E-state index is 12.2. The molecule has 0 aromatic heterocycles. The van der Waals surface area contributed by atoms with Crippen LogP contribution in [0.4, 0.5) is 0 Å². The fraction of sp³-hybridized carbons (Fsp3) is 0.562. The van der Waals surface area contributed by atoms with Crippen LogP contribution in [-0.4, -0.2) is 11.4 Å². The predicted molar refractivity (Wildman–Crippen MR) is 71.0 cm³/mol. The number of ketones is 1. The van der Waals surface area contributed by atoms with Gasteiger partial charge in [0.15, 0.2) is 5.78 Å². The maximum Gasteiger partial charge on any atom is 0.170 e. The van der Waals surface area contributed by atoms with E-state index < -0.39 is 0 Å². The summed E-state index contributed by atoms with van der Waals surface area (Å²) in [6.07, 6.45) is 6.29. The highest BCUT2D eigenvalue weighted by atomic mass is 16.5. The SMILES string of the molecule is CCC1CCC2(CC1)CC(=O)c1ccccc1O2. The molecule has 2 nitrogen and oxygen atoms in total. The minimum absolute atomic E-state index is 0.197. The van der Waals surface area contributed by atoms with E-state index in [9.17, 15) is 4.79 Å². The summed E-state index contributed by atoms with van der Waals surface area (Å²) in [5.41, 5.74) is 0.567. The molecule has 0 unspecified atom stereocenters. The normalized spacial score (nSPS) is 30.9. The van der Waals surface area contributed by atoms with Crippen LogP contribution in [-0.2, 0) is 0 Å². The quantitative estimate of drug-likeness (QED) is 0.746. The van der Waals surface area contributed by atoms with Crippen molar-refractivity contribution in [1.82, 2.24) is 0 Å². The predicted octanol–water partition coefficient (Wildman–Crippen LogP) is 3.99. The Morgan fingerprint density at radius 3 is 2.72 bits per heavy atom. The Kier molecular flexibility index (Phi) is 2.89. The van der Waals surface area contributed by atoms with Gasteiger partial charge >= 0.3 is 0 Å². The van der Waals surface area contributed by atoms with Gasteiger partial charge in [-0.3, -0.25) is 4.79 Å². The van der Waals surface area contributed by atoms with Gasteiger partial charge in [-0.1, -0.05) is 25.5 Å². The molecule has 1 aromatic carbocycles. The molecule has 1 aromatic rings. The fourth-order valence-electron chi connectivity index (χ4n) is 3.33. The molecule has 18 heavy (non-hydrogen) atoms. The van der Waals surface area contributed by atoms with Crippen LogP contribution in [0.3, 0.4) is 0 Å². The number of rotatable bonds is 1. The number of Topliss-reactive ketones (excluding diaryl/α,β-unsaturated/α-hetero) is 1. The molecule has 1 spiro atoms. The lowest BCUT2D eigenvalue weighted by Gasteiger charge is -2.42. The van der Waals surface area contributed by atoms with Gasteiger partial charge in [-0.2, -0.15) is 0 Å². The van der Waals surface area contributed by atoms with Gasteiger partial charge in [0, 0.05) is 0 Å². The van der Waals surface area contributed by atoms with E-state index in [0.717, 1.165) is 30.1 Å². The van der Waals surface area contributed by atoms with E-state index in [1.807, 2.05) is 24.3 Å². The van der Waals surface area contributed by atoms with Crippen LogP contribution in [0.25, 0.3) is 0 Å². The number of carbonyl (C=O) groups is 1. The fourth-order valence-corrected chi connectivity index (χ4v) is 3.33. The molecule has 96 valence electrons. The standard InChI is InChI=1S/C16H20O2/c1-2-12-7-9-16(10-8-12)11-14(17)13-5-3-4-6-15(13)18-16/h3-6,12H,2,7-11H2,1H3. The van der Waals surface area contributed by atoms with Crippen LogP contribution < -0.4 is 4.74 Å². The summed E-state index contributed by atoms with van der Waals surface area (Å²) in [4.78, 5) is 12.2. The Hall–Kier alpha value is -1.31. The first-order valence-corrected chi connectivity index (χ1v) is 7.04. The molecule has 1 aliphatic heterocycles. The summed E-state index contributed by atoms with van der Waals surface area (Å²) >= 11 is 0. The van der Waals surface area contributed by atoms with Crippen molar-refractivity contribution < 1.29 is 9.53 Å². The third-order valence-corrected chi connectivity index (χ3v) is 4.59. The van der Waals surface area contributed by atoms with Gasteiger partial charge in [0.2, 0.25) is 0 Å². The highest BCUT2D eigenvalue weighted by molar-refractivity contribution is 6.00. The molecular formula is C16H20O2. The second-order valence-corrected chi connectivity index (χ2v) is 5.73. The number of para-hydroxylation sites is 1.